The van der Waals surface area contributed by atoms with Gasteiger partial charge in [-0.15, -0.1) is 0 Å². The maximum atomic E-state index is 13.4. The molecule has 2 aliphatic rings. The number of hydrogen-bond donors (Lipinski definition) is 1. The lowest BCUT2D eigenvalue weighted by molar-refractivity contribution is -0.136. The third-order valence-corrected chi connectivity index (χ3v) is 6.89. The number of ketones is 1. The Morgan fingerprint density at radius 3 is 2.47 bits per heavy atom. The van der Waals surface area contributed by atoms with Gasteiger partial charge in [-0.25, -0.2) is 4.79 Å². The average molecular weight is 466 g/mol. The van der Waals surface area contributed by atoms with Crippen LogP contribution in [0.4, 0.5) is 0 Å². The maximum Gasteiger partial charge on any atom is 0.336 e. The van der Waals surface area contributed by atoms with E-state index >= 15 is 0 Å². The van der Waals surface area contributed by atoms with Crippen molar-refractivity contribution in [2.75, 3.05) is 7.11 Å². The molecule has 0 aromatic heterocycles. The first-order valence-electron chi connectivity index (χ1n) is 10.0. The molecule has 154 valence electrons. The summed E-state index contributed by atoms with van der Waals surface area (Å²) in [7, 11) is 1.38. The normalized spacial score (nSPS) is 21.3. The van der Waals surface area contributed by atoms with Crippen LogP contribution < -0.4 is 5.32 Å². The summed E-state index contributed by atoms with van der Waals surface area (Å²) in [4.78, 5) is 26.1. The highest BCUT2D eigenvalue weighted by Gasteiger charge is 2.41. The SMILES string of the molecule is COC(=O)C1=C(C)NC2=C(C(=O)C[C@@H](c3ccccc3)C2)[C@@H]1c1ccc(C)c(Br)c1. The van der Waals surface area contributed by atoms with Gasteiger partial charge in [0.1, 0.15) is 0 Å². The van der Waals surface area contributed by atoms with Crippen LogP contribution in [0.25, 0.3) is 0 Å². The van der Waals surface area contributed by atoms with E-state index < -0.39 is 11.9 Å². The van der Waals surface area contributed by atoms with Gasteiger partial charge >= 0.3 is 5.97 Å². The molecule has 2 atom stereocenters. The molecule has 5 heteroatoms. The van der Waals surface area contributed by atoms with Crippen molar-refractivity contribution in [2.45, 2.75) is 38.5 Å². The van der Waals surface area contributed by atoms with Crippen LogP contribution in [0.3, 0.4) is 0 Å². The molecule has 4 nitrogen and oxygen atoms in total. The third kappa shape index (κ3) is 3.63. The molecule has 2 aromatic rings. The second kappa shape index (κ2) is 8.23. The number of benzene rings is 2. The first-order chi connectivity index (χ1) is 14.4. The van der Waals surface area contributed by atoms with Gasteiger partial charge in [0, 0.05) is 33.8 Å². The molecule has 0 fully saturated rings. The number of allylic oxidation sites excluding steroid dienone is 3. The number of dihydropyridines is 1. The Bertz CT molecular complexity index is 1080. The molecule has 0 unspecified atom stereocenters. The number of methoxy groups -OCH3 is 1. The van der Waals surface area contributed by atoms with Gasteiger partial charge in [0.05, 0.1) is 12.7 Å². The third-order valence-electron chi connectivity index (χ3n) is 6.03. The van der Waals surface area contributed by atoms with Gasteiger partial charge in [-0.2, -0.15) is 0 Å². The molecule has 0 bridgehead atoms. The van der Waals surface area contributed by atoms with E-state index in [0.29, 0.717) is 17.6 Å². The molecule has 2 aromatic carbocycles. The highest BCUT2D eigenvalue weighted by atomic mass is 79.9. The van der Waals surface area contributed by atoms with Crippen LogP contribution in [0, 0.1) is 6.92 Å². The van der Waals surface area contributed by atoms with E-state index in [1.165, 1.54) is 7.11 Å². The lowest BCUT2D eigenvalue weighted by atomic mass is 9.71. The Hall–Kier alpha value is -2.66. The molecular weight excluding hydrogens is 442 g/mol. The zero-order chi connectivity index (χ0) is 21.4. The lowest BCUT2D eigenvalue weighted by Crippen LogP contribution is -2.36. The molecule has 30 heavy (non-hydrogen) atoms. The van der Waals surface area contributed by atoms with Crippen molar-refractivity contribution in [3.63, 3.8) is 0 Å². The van der Waals surface area contributed by atoms with E-state index in [-0.39, 0.29) is 11.7 Å². The second-order valence-electron chi connectivity index (χ2n) is 7.93. The fraction of sp³-hybridized carbons (Fsp3) is 0.280. The van der Waals surface area contributed by atoms with E-state index in [1.54, 1.807) is 0 Å². The molecular formula is C25H24BrNO3. The molecule has 0 radical (unpaired) electrons. The summed E-state index contributed by atoms with van der Waals surface area (Å²) in [6.45, 7) is 3.89. The van der Waals surface area contributed by atoms with Gasteiger partial charge in [-0.05, 0) is 48.9 Å². The van der Waals surface area contributed by atoms with Crippen molar-refractivity contribution in [2.24, 2.45) is 0 Å². The Morgan fingerprint density at radius 2 is 1.80 bits per heavy atom. The topological polar surface area (TPSA) is 55.4 Å². The van der Waals surface area contributed by atoms with Crippen LogP contribution in [-0.4, -0.2) is 18.9 Å². The van der Waals surface area contributed by atoms with Gasteiger partial charge in [0.25, 0.3) is 0 Å². The molecule has 0 saturated carbocycles. The van der Waals surface area contributed by atoms with Gasteiger partial charge in [0.2, 0.25) is 0 Å². The summed E-state index contributed by atoms with van der Waals surface area (Å²) in [5.74, 6) is -0.642. The zero-order valence-electron chi connectivity index (χ0n) is 17.3. The van der Waals surface area contributed by atoms with E-state index in [0.717, 1.165) is 39.0 Å². The smallest absolute Gasteiger partial charge is 0.336 e. The Kier molecular flexibility index (Phi) is 5.65. The number of Topliss-reactive ketones (excluding diaryl/α,β-unsaturated/α-hetero) is 1. The fourth-order valence-corrected chi connectivity index (χ4v) is 4.90. The summed E-state index contributed by atoms with van der Waals surface area (Å²) in [6.07, 6.45) is 1.17. The van der Waals surface area contributed by atoms with Crippen molar-refractivity contribution in [3.8, 4) is 0 Å². The van der Waals surface area contributed by atoms with Crippen molar-refractivity contribution in [1.29, 1.82) is 0 Å². The maximum absolute atomic E-state index is 13.4. The van der Waals surface area contributed by atoms with E-state index in [9.17, 15) is 9.59 Å². The lowest BCUT2D eigenvalue weighted by Gasteiger charge is -2.36. The van der Waals surface area contributed by atoms with Crippen molar-refractivity contribution < 1.29 is 14.3 Å². The van der Waals surface area contributed by atoms with E-state index in [4.69, 9.17) is 4.74 Å². The number of esters is 1. The number of carbonyl (C=O) groups is 2. The Balaban J connectivity index is 1.83. The van der Waals surface area contributed by atoms with Crippen LogP contribution in [0.5, 0.6) is 0 Å². The monoisotopic (exact) mass is 465 g/mol. The van der Waals surface area contributed by atoms with Crippen molar-refractivity contribution in [3.05, 3.63) is 92.2 Å². The highest BCUT2D eigenvalue weighted by Crippen LogP contribution is 2.46. The zero-order valence-corrected chi connectivity index (χ0v) is 18.9. The number of ether oxygens (including phenoxy) is 1. The molecule has 1 aliphatic heterocycles. The highest BCUT2D eigenvalue weighted by molar-refractivity contribution is 9.10. The van der Waals surface area contributed by atoms with Crippen LogP contribution in [0.15, 0.2) is 75.5 Å². The molecule has 1 aliphatic carbocycles. The predicted octanol–water partition coefficient (Wildman–Crippen LogP) is 5.29. The fourth-order valence-electron chi connectivity index (χ4n) is 4.50. The Labute approximate surface area is 185 Å². The van der Waals surface area contributed by atoms with Gasteiger partial charge < -0.3 is 10.1 Å². The van der Waals surface area contributed by atoms with Gasteiger partial charge in [-0.3, -0.25) is 4.79 Å². The predicted molar refractivity (Wildman–Crippen MR) is 120 cm³/mol. The number of nitrogens with one attached hydrogen (secondary N) is 1. The minimum Gasteiger partial charge on any atom is -0.466 e. The molecule has 1 heterocycles. The van der Waals surface area contributed by atoms with E-state index in [1.807, 2.05) is 50.2 Å². The van der Waals surface area contributed by atoms with E-state index in [2.05, 4.69) is 33.4 Å². The van der Waals surface area contributed by atoms with Crippen LogP contribution >= 0.6 is 15.9 Å². The molecule has 4 rings (SSSR count). The van der Waals surface area contributed by atoms with Crippen molar-refractivity contribution >= 4 is 27.7 Å². The summed E-state index contributed by atoms with van der Waals surface area (Å²) >= 11 is 3.60. The number of rotatable bonds is 3. The Morgan fingerprint density at radius 1 is 1.07 bits per heavy atom. The molecule has 1 N–H and O–H groups in total. The summed E-state index contributed by atoms with van der Waals surface area (Å²) in [5, 5.41) is 3.37. The second-order valence-corrected chi connectivity index (χ2v) is 8.78. The summed E-state index contributed by atoms with van der Waals surface area (Å²) in [5.41, 5.74) is 6.00. The minimum atomic E-state index is -0.435. The standard InChI is InChI=1S/C25H24BrNO3/c1-14-9-10-17(11-19(14)26)23-22(25(29)30-3)15(2)27-20-12-18(13-21(28)24(20)23)16-7-5-4-6-8-16/h4-11,18,23,27H,12-13H2,1-3H3/t18-,23+/m0/s1. The number of aryl methyl sites for hydroxylation is 1. The van der Waals surface area contributed by atoms with Crippen LogP contribution in [0.1, 0.15) is 48.3 Å². The number of carbonyl (C=O) groups excluding carboxylic acids is 2. The van der Waals surface area contributed by atoms with Gasteiger partial charge in [0.15, 0.2) is 5.78 Å². The quantitative estimate of drug-likeness (QED) is 0.625. The van der Waals surface area contributed by atoms with Crippen molar-refractivity contribution in [1.82, 2.24) is 5.32 Å². The first kappa shape index (κ1) is 20.6. The molecule has 0 saturated heterocycles. The number of hydrogen-bond acceptors (Lipinski definition) is 4. The minimum absolute atomic E-state index is 0.0770. The van der Waals surface area contributed by atoms with Crippen LogP contribution in [0.2, 0.25) is 0 Å². The summed E-state index contributed by atoms with van der Waals surface area (Å²) < 4.78 is 6.04. The largest absolute Gasteiger partial charge is 0.466 e. The first-order valence-corrected chi connectivity index (χ1v) is 10.8. The van der Waals surface area contributed by atoms with Crippen LogP contribution in [-0.2, 0) is 14.3 Å². The summed E-state index contributed by atoms with van der Waals surface area (Å²) in [6, 6.07) is 16.1. The molecule has 0 amide bonds. The van der Waals surface area contributed by atoms with Gasteiger partial charge in [-0.1, -0.05) is 58.4 Å². The molecule has 0 spiro atoms. The average Bonchev–Trinajstić information content (AvgIpc) is 2.74. The number of halogens is 1.